The topological polar surface area (TPSA) is 83.9 Å². The number of hydrogen-bond acceptors (Lipinski definition) is 4. The summed E-state index contributed by atoms with van der Waals surface area (Å²) in [5.74, 6) is -0.733. The molecule has 0 saturated carbocycles. The lowest BCUT2D eigenvalue weighted by atomic mass is 10.3. The Morgan fingerprint density at radius 2 is 2.05 bits per heavy atom. The third-order valence-electron chi connectivity index (χ3n) is 2.54. The van der Waals surface area contributed by atoms with Crippen molar-refractivity contribution in [3.63, 3.8) is 0 Å². The van der Waals surface area contributed by atoms with Gasteiger partial charge in [-0.05, 0) is 25.5 Å². The summed E-state index contributed by atoms with van der Waals surface area (Å²) in [4.78, 5) is 10.8. The molecule has 0 unspecified atom stereocenters. The first-order valence-electron chi connectivity index (χ1n) is 6.36. The fourth-order valence-corrected chi connectivity index (χ4v) is 3.24. The van der Waals surface area contributed by atoms with Gasteiger partial charge in [-0.3, -0.25) is 4.79 Å². The van der Waals surface area contributed by atoms with E-state index in [1.807, 2.05) is 0 Å². The summed E-state index contributed by atoms with van der Waals surface area (Å²) < 4.78 is 31.1. The summed E-state index contributed by atoms with van der Waals surface area (Å²) in [6.07, 6.45) is 0.539. The van der Waals surface area contributed by atoms with Gasteiger partial charge in [0.1, 0.15) is 12.3 Å². The Kier molecular flexibility index (Phi) is 5.97. The Balaban J connectivity index is 3.11. The molecule has 0 saturated heterocycles. The van der Waals surface area contributed by atoms with Crippen molar-refractivity contribution in [2.75, 3.05) is 19.7 Å². The summed E-state index contributed by atoms with van der Waals surface area (Å²) in [5, 5.41) is 8.83. The van der Waals surface area contributed by atoms with Gasteiger partial charge in [0, 0.05) is 12.6 Å². The fourth-order valence-electron chi connectivity index (χ4n) is 1.72. The zero-order valence-corrected chi connectivity index (χ0v) is 12.4. The molecule has 0 bridgehead atoms. The first-order chi connectivity index (χ1) is 9.41. The average Bonchev–Trinajstić information content (AvgIpc) is 2.38. The lowest BCUT2D eigenvalue weighted by Gasteiger charge is -2.19. The minimum absolute atomic E-state index is 0.0400. The number of sulfonamides is 1. The van der Waals surface area contributed by atoms with Crippen LogP contribution in [-0.4, -0.2) is 43.5 Å². The molecule has 0 spiro atoms. The number of carboxylic acid groups (broad SMARTS) is 1. The number of ether oxygens (including phenoxy) is 1. The summed E-state index contributed by atoms with van der Waals surface area (Å²) in [7, 11) is -3.83. The quantitative estimate of drug-likeness (QED) is 0.788. The molecule has 1 aromatic rings. The zero-order chi connectivity index (χ0) is 15.2. The van der Waals surface area contributed by atoms with Crippen molar-refractivity contribution in [1.82, 2.24) is 4.31 Å². The van der Waals surface area contributed by atoms with Crippen LogP contribution in [0.1, 0.15) is 20.3 Å². The maximum atomic E-state index is 12.4. The summed E-state index contributed by atoms with van der Waals surface area (Å²) in [6.45, 7) is 3.63. The van der Waals surface area contributed by atoms with E-state index in [2.05, 4.69) is 0 Å². The molecule has 0 amide bonds. The second kappa shape index (κ2) is 7.25. The molecule has 112 valence electrons. The second-order valence-corrected chi connectivity index (χ2v) is 6.08. The number of carbonyl (C=O) groups is 1. The first kappa shape index (κ1) is 16.5. The van der Waals surface area contributed by atoms with E-state index in [0.29, 0.717) is 18.8 Å². The SMILES string of the molecule is CCCN(CC(=O)O)S(=O)(=O)c1cccc(OCC)c1. The van der Waals surface area contributed by atoms with E-state index < -0.39 is 22.5 Å². The van der Waals surface area contributed by atoms with E-state index in [1.165, 1.54) is 12.1 Å². The van der Waals surface area contributed by atoms with Crippen LogP contribution in [0.2, 0.25) is 0 Å². The molecule has 0 aliphatic carbocycles. The van der Waals surface area contributed by atoms with E-state index in [1.54, 1.807) is 26.0 Å². The Bertz CT molecular complexity index is 556. The lowest BCUT2D eigenvalue weighted by molar-refractivity contribution is -0.137. The molecular formula is C13H19NO5S. The van der Waals surface area contributed by atoms with Crippen molar-refractivity contribution in [2.45, 2.75) is 25.2 Å². The van der Waals surface area contributed by atoms with E-state index in [-0.39, 0.29) is 11.4 Å². The molecule has 0 heterocycles. The number of carboxylic acids is 1. The third-order valence-corrected chi connectivity index (χ3v) is 4.38. The van der Waals surface area contributed by atoms with Crippen LogP contribution in [-0.2, 0) is 14.8 Å². The molecule has 20 heavy (non-hydrogen) atoms. The van der Waals surface area contributed by atoms with Gasteiger partial charge in [-0.2, -0.15) is 4.31 Å². The fraction of sp³-hybridized carbons (Fsp3) is 0.462. The van der Waals surface area contributed by atoms with Crippen molar-refractivity contribution >= 4 is 16.0 Å². The van der Waals surface area contributed by atoms with Gasteiger partial charge in [-0.1, -0.05) is 13.0 Å². The molecule has 0 fully saturated rings. The Hall–Kier alpha value is -1.60. The maximum absolute atomic E-state index is 12.4. The van der Waals surface area contributed by atoms with Crippen molar-refractivity contribution in [3.8, 4) is 5.75 Å². The molecule has 0 aliphatic heterocycles. The number of aliphatic carboxylic acids is 1. The number of hydrogen-bond donors (Lipinski definition) is 1. The largest absolute Gasteiger partial charge is 0.494 e. The van der Waals surface area contributed by atoms with E-state index in [0.717, 1.165) is 4.31 Å². The third kappa shape index (κ3) is 4.21. The predicted octanol–water partition coefficient (Wildman–Crippen LogP) is 1.57. The molecule has 1 rings (SSSR count). The molecule has 7 heteroatoms. The molecular weight excluding hydrogens is 282 g/mol. The van der Waals surface area contributed by atoms with E-state index in [9.17, 15) is 13.2 Å². The van der Waals surface area contributed by atoms with Gasteiger partial charge in [-0.25, -0.2) is 8.42 Å². The molecule has 6 nitrogen and oxygen atoms in total. The van der Waals surface area contributed by atoms with Gasteiger partial charge in [0.15, 0.2) is 0 Å². The average molecular weight is 301 g/mol. The van der Waals surface area contributed by atoms with E-state index >= 15 is 0 Å². The maximum Gasteiger partial charge on any atom is 0.318 e. The highest BCUT2D eigenvalue weighted by molar-refractivity contribution is 7.89. The molecule has 0 atom stereocenters. The number of nitrogens with zero attached hydrogens (tertiary/aromatic N) is 1. The highest BCUT2D eigenvalue weighted by Crippen LogP contribution is 2.21. The Labute approximate surface area is 119 Å². The van der Waals surface area contributed by atoms with E-state index in [4.69, 9.17) is 9.84 Å². The monoisotopic (exact) mass is 301 g/mol. The van der Waals surface area contributed by atoms with Gasteiger partial charge < -0.3 is 9.84 Å². The van der Waals surface area contributed by atoms with Crippen LogP contribution < -0.4 is 4.74 Å². The van der Waals surface area contributed by atoms with Gasteiger partial charge in [-0.15, -0.1) is 0 Å². The first-order valence-corrected chi connectivity index (χ1v) is 7.80. The second-order valence-electron chi connectivity index (χ2n) is 4.14. The van der Waals surface area contributed by atoms with Crippen molar-refractivity contribution in [2.24, 2.45) is 0 Å². The smallest absolute Gasteiger partial charge is 0.318 e. The van der Waals surface area contributed by atoms with Crippen LogP contribution in [0, 0.1) is 0 Å². The summed E-state index contributed by atoms with van der Waals surface area (Å²) in [5.41, 5.74) is 0. The van der Waals surface area contributed by atoms with Crippen molar-refractivity contribution < 1.29 is 23.1 Å². The molecule has 0 aliphatic rings. The van der Waals surface area contributed by atoms with Gasteiger partial charge in [0.25, 0.3) is 0 Å². The van der Waals surface area contributed by atoms with Crippen LogP contribution in [0.4, 0.5) is 0 Å². The predicted molar refractivity (Wildman–Crippen MR) is 74.3 cm³/mol. The number of benzene rings is 1. The van der Waals surface area contributed by atoms with Crippen LogP contribution in [0.25, 0.3) is 0 Å². The molecule has 1 aromatic carbocycles. The van der Waals surface area contributed by atoms with Crippen LogP contribution in [0.5, 0.6) is 5.75 Å². The zero-order valence-electron chi connectivity index (χ0n) is 11.6. The summed E-state index contributed by atoms with van der Waals surface area (Å²) in [6, 6.07) is 6.07. The van der Waals surface area contributed by atoms with Gasteiger partial charge in [0.05, 0.1) is 11.5 Å². The Morgan fingerprint density at radius 3 is 2.60 bits per heavy atom. The normalized spacial score (nSPS) is 11.6. The molecule has 0 radical (unpaired) electrons. The van der Waals surface area contributed by atoms with Crippen molar-refractivity contribution in [1.29, 1.82) is 0 Å². The lowest BCUT2D eigenvalue weighted by Crippen LogP contribution is -2.36. The number of rotatable bonds is 8. The highest BCUT2D eigenvalue weighted by Gasteiger charge is 2.26. The van der Waals surface area contributed by atoms with Gasteiger partial charge >= 0.3 is 5.97 Å². The van der Waals surface area contributed by atoms with Crippen LogP contribution in [0.15, 0.2) is 29.2 Å². The highest BCUT2D eigenvalue weighted by atomic mass is 32.2. The Morgan fingerprint density at radius 1 is 1.35 bits per heavy atom. The van der Waals surface area contributed by atoms with Crippen LogP contribution >= 0.6 is 0 Å². The minimum atomic E-state index is -3.83. The van der Waals surface area contributed by atoms with Crippen molar-refractivity contribution in [3.05, 3.63) is 24.3 Å². The molecule has 0 aromatic heterocycles. The van der Waals surface area contributed by atoms with Crippen LogP contribution in [0.3, 0.4) is 0 Å². The molecule has 1 N–H and O–H groups in total. The minimum Gasteiger partial charge on any atom is -0.494 e. The van der Waals surface area contributed by atoms with Gasteiger partial charge in [0.2, 0.25) is 10.0 Å². The summed E-state index contributed by atoms with van der Waals surface area (Å²) >= 11 is 0. The standard InChI is InChI=1S/C13H19NO5S/c1-3-8-14(10-13(15)16)20(17,18)12-7-5-6-11(9-12)19-4-2/h5-7,9H,3-4,8,10H2,1-2H3,(H,15,16).